The molecule has 1 aliphatic rings. The molecule has 1 heterocycles. The molecule has 0 aromatic rings. The van der Waals surface area contributed by atoms with E-state index in [1.807, 2.05) is 8.09 Å². The number of carbonyl (C=O) groups excluding carboxylic acids is 1. The van der Waals surface area contributed by atoms with Crippen molar-refractivity contribution in [3.63, 3.8) is 0 Å². The Morgan fingerprint density at radius 1 is 1.47 bits per heavy atom. The number of aliphatic hydroxyl groups excluding tert-OH is 1. The molecule has 3 nitrogen and oxygen atoms in total. The lowest BCUT2D eigenvalue weighted by atomic mass is 10.2. The third kappa shape index (κ3) is 5.74. The average Bonchev–Trinajstić information content (AvgIpc) is 2.27. The highest BCUT2D eigenvalue weighted by Gasteiger charge is 2.15. The van der Waals surface area contributed by atoms with Gasteiger partial charge in [-0.15, -0.1) is 0 Å². The van der Waals surface area contributed by atoms with E-state index in [-0.39, 0.29) is 33.3 Å². The fourth-order valence-corrected chi connectivity index (χ4v) is 3.71. The van der Waals surface area contributed by atoms with Crippen LogP contribution in [-0.4, -0.2) is 36.4 Å². The number of hydrogen-bond donors (Lipinski definition) is 1. The normalized spacial score (nSPS) is 15.8. The fraction of sp³-hybridized carbons (Fsp3) is 0.500. The van der Waals surface area contributed by atoms with E-state index in [2.05, 4.69) is 19.6 Å². The number of halogens is 1. The van der Waals surface area contributed by atoms with Crippen molar-refractivity contribution in [2.24, 2.45) is 0 Å². The average molecular weight is 366 g/mol. The molecule has 0 amide bonds. The summed E-state index contributed by atoms with van der Waals surface area (Å²) in [5.41, 5.74) is 1.44. The van der Waals surface area contributed by atoms with Gasteiger partial charge in [-0.05, 0) is 25.8 Å². The molecular weight excluding hydrogens is 347 g/mol. The maximum absolute atomic E-state index is 11.7. The molecule has 0 bridgehead atoms. The number of esters is 1. The lowest BCUT2D eigenvalue weighted by Gasteiger charge is -2.15. The van der Waals surface area contributed by atoms with E-state index >= 15 is 0 Å². The van der Waals surface area contributed by atoms with Crippen LogP contribution < -0.4 is 0 Å². The first-order chi connectivity index (χ1) is 7.92. The SMILES string of the molecule is C[Si](C)(C)CCOC(=O)C1=CC(CO)=CI=C1. The predicted molar refractivity (Wildman–Crippen MR) is 82.4 cm³/mol. The summed E-state index contributed by atoms with van der Waals surface area (Å²) in [7, 11) is -1.15. The zero-order valence-electron chi connectivity index (χ0n) is 10.5. The van der Waals surface area contributed by atoms with Crippen molar-refractivity contribution >= 4 is 38.8 Å². The highest BCUT2D eigenvalue weighted by Crippen LogP contribution is 2.17. The minimum absolute atomic E-state index is 0.000749. The van der Waals surface area contributed by atoms with Crippen molar-refractivity contribution in [3.8, 4) is 0 Å². The number of rotatable bonds is 5. The summed E-state index contributed by atoms with van der Waals surface area (Å²) >= 11 is -0.252. The molecule has 0 aliphatic carbocycles. The zero-order valence-corrected chi connectivity index (χ0v) is 13.7. The molecule has 0 aromatic heterocycles. The van der Waals surface area contributed by atoms with Crippen LogP contribution in [0.2, 0.25) is 25.7 Å². The van der Waals surface area contributed by atoms with Crippen LogP contribution >= 0.6 is 20.7 Å². The third-order valence-corrected chi connectivity index (χ3v) is 6.12. The second kappa shape index (κ2) is 6.60. The van der Waals surface area contributed by atoms with Gasteiger partial charge in [0.05, 0.1) is 18.8 Å². The van der Waals surface area contributed by atoms with E-state index in [4.69, 9.17) is 9.84 Å². The summed E-state index contributed by atoms with van der Waals surface area (Å²) < 4.78 is 9.21. The molecule has 0 saturated heterocycles. The Morgan fingerprint density at radius 2 is 2.18 bits per heavy atom. The largest absolute Gasteiger partial charge is 0.462 e. The highest BCUT2D eigenvalue weighted by atomic mass is 127. The van der Waals surface area contributed by atoms with Crippen LogP contribution in [0.4, 0.5) is 0 Å². The van der Waals surface area contributed by atoms with E-state index in [0.29, 0.717) is 12.2 Å². The Labute approximate surface area is 113 Å². The molecule has 0 saturated carbocycles. The first-order valence-corrected chi connectivity index (χ1v) is 11.8. The molecule has 1 N–H and O–H groups in total. The van der Waals surface area contributed by atoms with Crippen LogP contribution in [0.1, 0.15) is 0 Å². The number of ether oxygens (including phenoxy) is 1. The van der Waals surface area contributed by atoms with E-state index in [9.17, 15) is 4.79 Å². The maximum atomic E-state index is 11.7. The van der Waals surface area contributed by atoms with Gasteiger partial charge >= 0.3 is 5.97 Å². The van der Waals surface area contributed by atoms with E-state index < -0.39 is 8.07 Å². The quantitative estimate of drug-likeness (QED) is 0.462. The second-order valence-corrected chi connectivity index (χ2v) is 12.7. The minimum atomic E-state index is -1.15. The molecule has 17 heavy (non-hydrogen) atoms. The molecule has 0 radical (unpaired) electrons. The topological polar surface area (TPSA) is 46.5 Å². The molecule has 1 rings (SSSR count). The molecule has 0 unspecified atom stereocenters. The standard InChI is InChI=1S/C12H19IO3Si/c1-17(2,3)5-4-16-12(15)11-6-10(9-14)7-13-8-11/h6-8,14H,4-5,9H2,1-3H3. The Kier molecular flexibility index (Phi) is 5.74. The molecule has 5 heteroatoms. The van der Waals surface area contributed by atoms with Gasteiger partial charge in [0, 0.05) is 8.07 Å². The van der Waals surface area contributed by atoms with E-state index in [1.165, 1.54) is 0 Å². The van der Waals surface area contributed by atoms with Gasteiger partial charge in [0.1, 0.15) is 0 Å². The summed E-state index contributed by atoms with van der Waals surface area (Å²) in [6, 6.07) is 0.990. The molecule has 96 valence electrons. The summed E-state index contributed by atoms with van der Waals surface area (Å²) in [5.74, 6) is -0.248. The molecular formula is C12H19IO3Si. The predicted octanol–water partition coefficient (Wildman–Crippen LogP) is 2.46. The van der Waals surface area contributed by atoms with Gasteiger partial charge in [0.25, 0.3) is 0 Å². The molecule has 0 aromatic carbocycles. The summed E-state index contributed by atoms with van der Waals surface area (Å²) in [4.78, 5) is 11.7. The number of aliphatic hydroxyl groups is 1. The third-order valence-electron chi connectivity index (χ3n) is 2.23. The zero-order chi connectivity index (χ0) is 12.9. The number of carbonyl (C=O) groups is 1. The van der Waals surface area contributed by atoms with Crippen LogP contribution in [-0.2, 0) is 9.53 Å². The van der Waals surface area contributed by atoms with E-state index in [1.54, 1.807) is 6.08 Å². The van der Waals surface area contributed by atoms with E-state index in [0.717, 1.165) is 11.6 Å². The van der Waals surface area contributed by atoms with Crippen LogP contribution in [0.15, 0.2) is 21.3 Å². The molecule has 1 aliphatic heterocycles. The van der Waals surface area contributed by atoms with Crippen molar-refractivity contribution in [2.75, 3.05) is 13.2 Å². The van der Waals surface area contributed by atoms with Crippen molar-refractivity contribution in [1.29, 1.82) is 0 Å². The van der Waals surface area contributed by atoms with Crippen molar-refractivity contribution in [3.05, 3.63) is 21.3 Å². The first kappa shape index (κ1) is 14.8. The van der Waals surface area contributed by atoms with Crippen LogP contribution in [0.3, 0.4) is 0 Å². The van der Waals surface area contributed by atoms with Gasteiger partial charge in [-0.2, -0.15) is 0 Å². The van der Waals surface area contributed by atoms with Crippen molar-refractivity contribution in [1.82, 2.24) is 0 Å². The monoisotopic (exact) mass is 366 g/mol. The van der Waals surface area contributed by atoms with Crippen LogP contribution in [0, 0.1) is 0 Å². The Hall–Kier alpha value is -0.273. The lowest BCUT2D eigenvalue weighted by molar-refractivity contribution is -0.137. The summed E-state index contributed by atoms with van der Waals surface area (Å²) in [5, 5.41) is 9.02. The van der Waals surface area contributed by atoms with Gasteiger partial charge < -0.3 is 9.84 Å². The van der Waals surface area contributed by atoms with Crippen LogP contribution in [0.25, 0.3) is 0 Å². The first-order valence-electron chi connectivity index (χ1n) is 5.56. The molecule has 0 atom stereocenters. The van der Waals surface area contributed by atoms with Gasteiger partial charge in [-0.25, -0.2) is 4.79 Å². The molecule has 0 fully saturated rings. The van der Waals surface area contributed by atoms with Gasteiger partial charge in [-0.1, -0.05) is 40.4 Å². The van der Waals surface area contributed by atoms with Gasteiger partial charge in [0.15, 0.2) is 0 Å². The summed E-state index contributed by atoms with van der Waals surface area (Å²) in [6.45, 7) is 7.27. The Morgan fingerprint density at radius 3 is 2.76 bits per heavy atom. The van der Waals surface area contributed by atoms with Crippen LogP contribution in [0.5, 0.6) is 0 Å². The molecule has 0 spiro atoms. The smallest absolute Gasteiger partial charge is 0.338 e. The van der Waals surface area contributed by atoms with Crippen molar-refractivity contribution in [2.45, 2.75) is 25.7 Å². The van der Waals surface area contributed by atoms with Gasteiger partial charge in [0.2, 0.25) is 0 Å². The fourth-order valence-electron chi connectivity index (χ4n) is 1.16. The minimum Gasteiger partial charge on any atom is -0.462 e. The number of hydrogen-bond acceptors (Lipinski definition) is 3. The lowest BCUT2D eigenvalue weighted by Crippen LogP contribution is -2.23. The highest BCUT2D eigenvalue weighted by molar-refractivity contribution is 14.2. The van der Waals surface area contributed by atoms with Gasteiger partial charge in [-0.3, -0.25) is 0 Å². The van der Waals surface area contributed by atoms with Crippen molar-refractivity contribution < 1.29 is 14.6 Å². The maximum Gasteiger partial charge on any atom is 0.338 e. The Bertz CT molecular complexity index is 378. The summed E-state index contributed by atoms with van der Waals surface area (Å²) in [6.07, 6.45) is 1.72. The Balaban J connectivity index is 2.47. The second-order valence-electron chi connectivity index (χ2n) is 5.12.